The lowest BCUT2D eigenvalue weighted by Gasteiger charge is -2.43. The van der Waals surface area contributed by atoms with Crippen LogP contribution < -0.4 is 5.32 Å². The minimum Gasteiger partial charge on any atom is -0.354 e. The van der Waals surface area contributed by atoms with Gasteiger partial charge in [-0.05, 0) is 61.8 Å². The van der Waals surface area contributed by atoms with Crippen molar-refractivity contribution >= 4 is 11.8 Å². The Hall–Kier alpha value is -2.09. The molecule has 1 aromatic carbocycles. The first kappa shape index (κ1) is 22.6. The number of nitrogens with zero attached hydrogens (tertiary/aromatic N) is 1. The van der Waals surface area contributed by atoms with E-state index in [4.69, 9.17) is 4.74 Å². The van der Waals surface area contributed by atoms with Gasteiger partial charge in [0.25, 0.3) is 5.91 Å². The summed E-state index contributed by atoms with van der Waals surface area (Å²) in [5.74, 6) is -0.0178. The molecule has 2 aliphatic rings. The maximum absolute atomic E-state index is 13.4. The summed E-state index contributed by atoms with van der Waals surface area (Å²) in [5.41, 5.74) is -1.58. The Morgan fingerprint density at radius 2 is 1.80 bits per heavy atom. The second-order valence-electron chi connectivity index (χ2n) is 8.84. The topological polar surface area (TPSA) is 58.6 Å². The van der Waals surface area contributed by atoms with Crippen LogP contribution in [0.25, 0.3) is 0 Å². The van der Waals surface area contributed by atoms with E-state index < -0.39 is 29.4 Å². The number of nitrogens with one attached hydrogen (secondary N) is 1. The average molecular weight is 426 g/mol. The van der Waals surface area contributed by atoms with Crippen molar-refractivity contribution in [3.63, 3.8) is 0 Å². The molecule has 0 bridgehead atoms. The maximum atomic E-state index is 13.4. The largest absolute Gasteiger partial charge is 0.416 e. The van der Waals surface area contributed by atoms with Crippen molar-refractivity contribution in [2.24, 2.45) is 11.8 Å². The first-order valence-corrected chi connectivity index (χ1v) is 10.5. The van der Waals surface area contributed by atoms with E-state index in [0.717, 1.165) is 25.0 Å². The highest BCUT2D eigenvalue weighted by Gasteiger charge is 2.53. The van der Waals surface area contributed by atoms with E-state index in [1.165, 1.54) is 17.0 Å². The predicted molar refractivity (Wildman–Crippen MR) is 106 cm³/mol. The fraction of sp³-hybridized carbons (Fsp3) is 0.636. The number of halogens is 3. The third-order valence-electron chi connectivity index (χ3n) is 5.98. The first-order chi connectivity index (χ1) is 14.0. The summed E-state index contributed by atoms with van der Waals surface area (Å²) in [4.78, 5) is 27.7. The van der Waals surface area contributed by atoms with Gasteiger partial charge in [0.15, 0.2) is 0 Å². The number of hydrogen-bond acceptors (Lipinski definition) is 3. The molecule has 2 fully saturated rings. The van der Waals surface area contributed by atoms with Crippen LogP contribution in [0.2, 0.25) is 0 Å². The van der Waals surface area contributed by atoms with Crippen LogP contribution in [-0.4, -0.2) is 41.6 Å². The Labute approximate surface area is 175 Å². The molecule has 1 spiro atoms. The third-order valence-corrected chi connectivity index (χ3v) is 5.98. The van der Waals surface area contributed by atoms with Gasteiger partial charge in [-0.3, -0.25) is 14.5 Å². The Morgan fingerprint density at radius 3 is 2.33 bits per heavy atom. The van der Waals surface area contributed by atoms with Crippen LogP contribution in [0.3, 0.4) is 0 Å². The lowest BCUT2D eigenvalue weighted by atomic mass is 9.83. The summed E-state index contributed by atoms with van der Waals surface area (Å²) in [6, 6.07) is 3.34. The Morgan fingerprint density at radius 1 is 1.20 bits per heavy atom. The highest BCUT2D eigenvalue weighted by molar-refractivity contribution is 5.98. The molecule has 8 heteroatoms. The average Bonchev–Trinajstić information content (AvgIpc) is 3.06. The number of alkyl halides is 3. The summed E-state index contributed by atoms with van der Waals surface area (Å²) in [6.45, 7) is 6.64. The number of carbonyl (C=O) groups is 2. The molecular formula is C22H29F3N2O3. The number of carbonyl (C=O) groups excluding carboxylic acids is 2. The van der Waals surface area contributed by atoms with E-state index in [1.54, 1.807) is 0 Å². The van der Waals surface area contributed by atoms with Crippen LogP contribution in [-0.2, 0) is 15.7 Å². The van der Waals surface area contributed by atoms with E-state index in [2.05, 4.69) is 12.2 Å². The molecule has 3 rings (SSSR count). The van der Waals surface area contributed by atoms with Gasteiger partial charge in [0.1, 0.15) is 11.8 Å². The van der Waals surface area contributed by atoms with Gasteiger partial charge in [-0.2, -0.15) is 13.2 Å². The standard InChI is InChI=1S/C22H29F3N2O3/c1-14(2)12-26-19(28)18-13-30-21(10-8-15(3)9-11-21)27(18)20(29)16-4-6-17(7-5-16)22(23,24)25/h4-7,14-15,18H,8-13H2,1-3H3,(H,26,28). The molecule has 1 unspecified atom stereocenters. The number of hydrogen-bond donors (Lipinski definition) is 1. The van der Waals surface area contributed by atoms with Crippen LogP contribution in [0.4, 0.5) is 13.2 Å². The number of benzene rings is 1. The van der Waals surface area contributed by atoms with Crippen LogP contribution >= 0.6 is 0 Å². The van der Waals surface area contributed by atoms with E-state index >= 15 is 0 Å². The second-order valence-corrected chi connectivity index (χ2v) is 8.84. The van der Waals surface area contributed by atoms with Crippen molar-refractivity contribution in [2.45, 2.75) is 64.4 Å². The van der Waals surface area contributed by atoms with Crippen LogP contribution in [0.1, 0.15) is 62.4 Å². The molecule has 1 heterocycles. The predicted octanol–water partition coefficient (Wildman–Crippen LogP) is 4.23. The van der Waals surface area contributed by atoms with Gasteiger partial charge in [-0.1, -0.05) is 20.8 Å². The fourth-order valence-corrected chi connectivity index (χ4v) is 4.14. The molecule has 1 aliphatic heterocycles. The Bertz CT molecular complexity index is 769. The van der Waals surface area contributed by atoms with Gasteiger partial charge < -0.3 is 10.1 Å². The molecule has 1 aromatic rings. The van der Waals surface area contributed by atoms with E-state index in [0.29, 0.717) is 25.3 Å². The first-order valence-electron chi connectivity index (χ1n) is 10.5. The highest BCUT2D eigenvalue weighted by Crippen LogP contribution is 2.43. The molecule has 1 N–H and O–H groups in total. The van der Waals surface area contributed by atoms with Crippen LogP contribution in [0, 0.1) is 11.8 Å². The van der Waals surface area contributed by atoms with Crippen molar-refractivity contribution in [3.8, 4) is 0 Å². The molecule has 5 nitrogen and oxygen atoms in total. The number of rotatable bonds is 4. The molecule has 0 aromatic heterocycles. The summed E-state index contributed by atoms with van der Waals surface area (Å²) in [7, 11) is 0. The lowest BCUT2D eigenvalue weighted by molar-refractivity contribution is -0.137. The molecule has 0 radical (unpaired) electrons. The van der Waals surface area contributed by atoms with Crippen molar-refractivity contribution in [1.29, 1.82) is 0 Å². The monoisotopic (exact) mass is 426 g/mol. The molecule has 1 saturated heterocycles. The van der Waals surface area contributed by atoms with Gasteiger partial charge >= 0.3 is 6.18 Å². The molecule has 1 atom stereocenters. The minimum atomic E-state index is -4.47. The zero-order valence-corrected chi connectivity index (χ0v) is 17.6. The Balaban J connectivity index is 1.89. The zero-order valence-electron chi connectivity index (χ0n) is 17.6. The number of ether oxygens (including phenoxy) is 1. The summed E-state index contributed by atoms with van der Waals surface area (Å²) in [6.07, 6.45) is -1.55. The molecular weight excluding hydrogens is 397 g/mol. The second kappa shape index (κ2) is 8.57. The summed E-state index contributed by atoms with van der Waals surface area (Å²) < 4.78 is 44.7. The minimum absolute atomic E-state index is 0.0880. The third kappa shape index (κ3) is 4.63. The lowest BCUT2D eigenvalue weighted by Crippen LogP contribution is -2.57. The van der Waals surface area contributed by atoms with Gasteiger partial charge in [-0.25, -0.2) is 0 Å². The Kier molecular flexibility index (Phi) is 6.45. The van der Waals surface area contributed by atoms with Gasteiger partial charge in [0, 0.05) is 12.1 Å². The molecule has 166 valence electrons. The van der Waals surface area contributed by atoms with Crippen molar-refractivity contribution in [3.05, 3.63) is 35.4 Å². The molecule has 1 aliphatic carbocycles. The quantitative estimate of drug-likeness (QED) is 0.784. The summed E-state index contributed by atoms with van der Waals surface area (Å²) >= 11 is 0. The maximum Gasteiger partial charge on any atom is 0.416 e. The zero-order chi connectivity index (χ0) is 22.1. The van der Waals surface area contributed by atoms with Crippen LogP contribution in [0.15, 0.2) is 24.3 Å². The van der Waals surface area contributed by atoms with Crippen molar-refractivity contribution in [2.75, 3.05) is 13.2 Å². The van der Waals surface area contributed by atoms with E-state index in [-0.39, 0.29) is 24.0 Å². The fourth-order valence-electron chi connectivity index (χ4n) is 4.14. The van der Waals surface area contributed by atoms with Crippen molar-refractivity contribution < 1.29 is 27.5 Å². The smallest absolute Gasteiger partial charge is 0.354 e. The van der Waals surface area contributed by atoms with Gasteiger partial charge in [0.05, 0.1) is 12.2 Å². The normalized spacial score (nSPS) is 27.0. The highest BCUT2D eigenvalue weighted by atomic mass is 19.4. The number of amides is 2. The molecule has 1 saturated carbocycles. The van der Waals surface area contributed by atoms with Gasteiger partial charge in [0.2, 0.25) is 5.91 Å². The summed E-state index contributed by atoms with van der Waals surface area (Å²) in [5, 5.41) is 2.86. The molecule has 2 amide bonds. The van der Waals surface area contributed by atoms with Crippen LogP contribution in [0.5, 0.6) is 0 Å². The SMILES string of the molecule is CC(C)CNC(=O)C1COC2(CCC(C)CC2)N1C(=O)c1ccc(C(F)(F)F)cc1. The van der Waals surface area contributed by atoms with Gasteiger partial charge in [-0.15, -0.1) is 0 Å². The van der Waals surface area contributed by atoms with Crippen molar-refractivity contribution in [1.82, 2.24) is 10.2 Å². The molecule has 30 heavy (non-hydrogen) atoms. The van der Waals surface area contributed by atoms with E-state index in [9.17, 15) is 22.8 Å². The van der Waals surface area contributed by atoms with E-state index in [1.807, 2.05) is 13.8 Å².